The molecule has 67 heavy (non-hydrogen) atoms. The van der Waals surface area contributed by atoms with Crippen molar-refractivity contribution >= 4 is 17.9 Å². The Bertz CT molecular complexity index is 1390. The first-order chi connectivity index (χ1) is 33.0. The lowest BCUT2D eigenvalue weighted by molar-refractivity contribution is -0.166. The molecule has 0 bridgehead atoms. The number of carbonyl (C=O) groups excluding carboxylic acids is 3. The number of hydrogen-bond donors (Lipinski definition) is 0. The first-order valence-electron chi connectivity index (χ1n) is 27.4. The van der Waals surface area contributed by atoms with E-state index in [0.29, 0.717) is 19.3 Å². The maximum absolute atomic E-state index is 12.8. The average molecular weight is 929 g/mol. The van der Waals surface area contributed by atoms with Crippen molar-refractivity contribution in [1.82, 2.24) is 0 Å². The molecular formula is C61H100O6. The van der Waals surface area contributed by atoms with Crippen LogP contribution in [0.4, 0.5) is 0 Å². The summed E-state index contributed by atoms with van der Waals surface area (Å²) >= 11 is 0. The molecule has 0 aromatic rings. The molecule has 0 aliphatic carbocycles. The van der Waals surface area contributed by atoms with Gasteiger partial charge in [0.2, 0.25) is 0 Å². The number of carbonyl (C=O) groups is 3. The molecule has 0 radical (unpaired) electrons. The van der Waals surface area contributed by atoms with Gasteiger partial charge in [-0.15, -0.1) is 0 Å². The molecule has 0 heterocycles. The maximum atomic E-state index is 12.8. The highest BCUT2D eigenvalue weighted by Crippen LogP contribution is 2.15. The molecule has 0 aromatic heterocycles. The van der Waals surface area contributed by atoms with E-state index in [1.54, 1.807) is 0 Å². The Balaban J connectivity index is 4.51. The monoisotopic (exact) mass is 929 g/mol. The minimum absolute atomic E-state index is 0.112. The summed E-state index contributed by atoms with van der Waals surface area (Å²) in [6, 6.07) is 0. The first-order valence-corrected chi connectivity index (χ1v) is 27.4. The number of rotatable bonds is 48. The SMILES string of the molecule is CC/C=C\C/C=C\C/C=C\C/C=C\C/C=C\CCC(=O)OC(COC(=O)CCCCCCCC/C=C\C/C=C\C/C=C\C/C=C\CC)COC(=O)CCCCCCCCCCCCCCCC. The lowest BCUT2D eigenvalue weighted by atomic mass is 10.0. The normalized spacial score (nSPS) is 12.9. The van der Waals surface area contributed by atoms with Crippen molar-refractivity contribution in [1.29, 1.82) is 0 Å². The highest BCUT2D eigenvalue weighted by molar-refractivity contribution is 5.71. The fourth-order valence-electron chi connectivity index (χ4n) is 7.25. The lowest BCUT2D eigenvalue weighted by Crippen LogP contribution is -2.30. The highest BCUT2D eigenvalue weighted by atomic mass is 16.6. The summed E-state index contributed by atoms with van der Waals surface area (Å²) in [5, 5.41) is 0. The maximum Gasteiger partial charge on any atom is 0.306 e. The van der Waals surface area contributed by atoms with Gasteiger partial charge in [-0.1, -0.05) is 239 Å². The Labute approximate surface area is 412 Å². The molecule has 0 saturated carbocycles. The van der Waals surface area contributed by atoms with Gasteiger partial charge >= 0.3 is 17.9 Å². The van der Waals surface area contributed by atoms with E-state index in [4.69, 9.17) is 14.2 Å². The minimum atomic E-state index is -0.824. The molecule has 6 heteroatoms. The van der Waals surface area contributed by atoms with Gasteiger partial charge in [-0.2, -0.15) is 0 Å². The van der Waals surface area contributed by atoms with E-state index in [2.05, 4.69) is 118 Å². The summed E-state index contributed by atoms with van der Waals surface area (Å²) < 4.78 is 16.8. The smallest absolute Gasteiger partial charge is 0.306 e. The third-order valence-electron chi connectivity index (χ3n) is 11.3. The summed E-state index contributed by atoms with van der Waals surface area (Å²) in [5.41, 5.74) is 0. The van der Waals surface area contributed by atoms with Gasteiger partial charge in [0.1, 0.15) is 13.2 Å². The fourth-order valence-corrected chi connectivity index (χ4v) is 7.25. The van der Waals surface area contributed by atoms with Gasteiger partial charge < -0.3 is 14.2 Å². The van der Waals surface area contributed by atoms with Crippen molar-refractivity contribution in [2.45, 2.75) is 245 Å². The zero-order chi connectivity index (χ0) is 48.6. The van der Waals surface area contributed by atoms with Gasteiger partial charge in [0.05, 0.1) is 0 Å². The van der Waals surface area contributed by atoms with Gasteiger partial charge in [-0.3, -0.25) is 14.4 Å². The van der Waals surface area contributed by atoms with Crippen LogP contribution in [0.5, 0.6) is 0 Å². The molecule has 0 N–H and O–H groups in total. The average Bonchev–Trinajstić information content (AvgIpc) is 3.33. The molecule has 1 unspecified atom stereocenters. The molecule has 6 nitrogen and oxygen atoms in total. The molecule has 0 saturated heterocycles. The zero-order valence-corrected chi connectivity index (χ0v) is 43.4. The van der Waals surface area contributed by atoms with E-state index in [9.17, 15) is 14.4 Å². The lowest BCUT2D eigenvalue weighted by Gasteiger charge is -2.18. The first kappa shape index (κ1) is 63.1. The molecular weight excluding hydrogens is 829 g/mol. The minimum Gasteiger partial charge on any atom is -0.462 e. The van der Waals surface area contributed by atoms with Crippen LogP contribution in [0.3, 0.4) is 0 Å². The van der Waals surface area contributed by atoms with Crippen molar-refractivity contribution in [3.63, 3.8) is 0 Å². The van der Waals surface area contributed by atoms with Crippen LogP contribution in [0.1, 0.15) is 239 Å². The highest BCUT2D eigenvalue weighted by Gasteiger charge is 2.19. The van der Waals surface area contributed by atoms with Crippen LogP contribution in [-0.4, -0.2) is 37.2 Å². The van der Waals surface area contributed by atoms with Crippen molar-refractivity contribution in [3.05, 3.63) is 109 Å². The van der Waals surface area contributed by atoms with Gasteiger partial charge in [-0.05, 0) is 89.9 Å². The number of esters is 3. The Hall–Kier alpha value is -3.93. The molecule has 0 rings (SSSR count). The molecule has 0 spiro atoms. The van der Waals surface area contributed by atoms with E-state index >= 15 is 0 Å². The number of allylic oxidation sites excluding steroid dienone is 18. The number of unbranched alkanes of at least 4 members (excludes halogenated alkanes) is 19. The topological polar surface area (TPSA) is 78.9 Å². The van der Waals surface area contributed by atoms with Crippen LogP contribution in [0.2, 0.25) is 0 Å². The van der Waals surface area contributed by atoms with Crippen LogP contribution in [-0.2, 0) is 28.6 Å². The summed E-state index contributed by atoms with van der Waals surface area (Å²) in [5.74, 6) is -1.01. The molecule has 0 amide bonds. The second kappa shape index (κ2) is 54.7. The second-order valence-electron chi connectivity index (χ2n) is 17.7. The van der Waals surface area contributed by atoms with Gasteiger partial charge in [0, 0.05) is 19.3 Å². The molecule has 0 aliphatic rings. The van der Waals surface area contributed by atoms with Crippen molar-refractivity contribution in [3.8, 4) is 0 Å². The Morgan fingerprint density at radius 1 is 0.313 bits per heavy atom. The van der Waals surface area contributed by atoms with Crippen molar-refractivity contribution in [2.24, 2.45) is 0 Å². The largest absolute Gasteiger partial charge is 0.462 e. The summed E-state index contributed by atoms with van der Waals surface area (Å²) in [6.07, 6.45) is 73.7. The number of ether oxygens (including phenoxy) is 3. The van der Waals surface area contributed by atoms with E-state index in [1.165, 1.54) is 83.5 Å². The van der Waals surface area contributed by atoms with Gasteiger partial charge in [0.25, 0.3) is 0 Å². The van der Waals surface area contributed by atoms with Crippen LogP contribution in [0, 0.1) is 0 Å². The van der Waals surface area contributed by atoms with E-state index in [0.717, 1.165) is 109 Å². The quantitative estimate of drug-likeness (QED) is 0.0262. The third-order valence-corrected chi connectivity index (χ3v) is 11.3. The Morgan fingerprint density at radius 2 is 0.612 bits per heavy atom. The van der Waals surface area contributed by atoms with Gasteiger partial charge in [0.15, 0.2) is 6.10 Å². The standard InChI is InChI=1S/C61H100O6/c1-4-7-10-13-16-19-22-25-28-30-31-32-34-36-39-42-45-48-51-54-60(63)66-57-58(56-65-59(62)53-50-47-44-41-38-35-27-24-21-18-15-12-9-6-3)67-61(64)55-52-49-46-43-40-37-33-29-26-23-20-17-14-11-8-5-2/h7-8,10-11,16-17,19-20,25-26,28-29,31-32,37,40,46,49,58H,4-6,9,12-15,18,21-24,27,30,33-36,38-39,41-45,47-48,50-57H2,1-3H3/b10-7-,11-8-,19-16-,20-17-,28-25-,29-26-,32-31-,40-37-,49-46-. The van der Waals surface area contributed by atoms with Gasteiger partial charge in [-0.25, -0.2) is 0 Å². The molecule has 0 fully saturated rings. The summed E-state index contributed by atoms with van der Waals surface area (Å²) in [4.78, 5) is 38.1. The van der Waals surface area contributed by atoms with E-state index in [-0.39, 0.29) is 31.6 Å². The predicted molar refractivity (Wildman–Crippen MR) is 288 cm³/mol. The number of hydrogen-bond acceptors (Lipinski definition) is 6. The molecule has 1 atom stereocenters. The van der Waals surface area contributed by atoms with Crippen molar-refractivity contribution in [2.75, 3.05) is 13.2 Å². The third kappa shape index (κ3) is 52.9. The van der Waals surface area contributed by atoms with Crippen LogP contribution in [0.15, 0.2) is 109 Å². The molecule has 0 aromatic carbocycles. The Kier molecular flexibility index (Phi) is 51.5. The van der Waals surface area contributed by atoms with E-state index in [1.807, 2.05) is 12.2 Å². The predicted octanol–water partition coefficient (Wildman–Crippen LogP) is 18.3. The van der Waals surface area contributed by atoms with Crippen molar-refractivity contribution < 1.29 is 28.6 Å². The van der Waals surface area contributed by atoms with Crippen LogP contribution in [0.25, 0.3) is 0 Å². The zero-order valence-electron chi connectivity index (χ0n) is 43.4. The van der Waals surface area contributed by atoms with E-state index < -0.39 is 12.1 Å². The summed E-state index contributed by atoms with van der Waals surface area (Å²) in [7, 11) is 0. The van der Waals surface area contributed by atoms with Crippen LogP contribution < -0.4 is 0 Å². The molecule has 380 valence electrons. The Morgan fingerprint density at radius 3 is 0.970 bits per heavy atom. The van der Waals surface area contributed by atoms with Crippen LogP contribution >= 0.6 is 0 Å². The fraction of sp³-hybridized carbons (Fsp3) is 0.656. The summed E-state index contributed by atoms with van der Waals surface area (Å²) in [6.45, 7) is 6.34. The second-order valence-corrected chi connectivity index (χ2v) is 17.7. The molecule has 0 aliphatic heterocycles.